The minimum atomic E-state index is -0.521. The summed E-state index contributed by atoms with van der Waals surface area (Å²) in [6.45, 7) is 5.23. The number of carbonyl (C=O) groups excluding carboxylic acids is 2. The molecule has 2 amide bonds. The van der Waals surface area contributed by atoms with E-state index in [-0.39, 0.29) is 11.8 Å². The van der Waals surface area contributed by atoms with Crippen molar-refractivity contribution in [2.75, 3.05) is 6.54 Å². The van der Waals surface area contributed by atoms with Crippen LogP contribution in [0.2, 0.25) is 0 Å². The first kappa shape index (κ1) is 15.0. The van der Waals surface area contributed by atoms with E-state index in [1.165, 1.54) is 13.0 Å². The standard InChI is InChI=1S/C10H17N5O2/c1-3-10(17)12-7-5-4-6-9(14-15-11)13-8(2)16/h3,9H,1,4-7H2,2H3,(H,12,17)(H,13,16). The Morgan fingerprint density at radius 2 is 2.24 bits per heavy atom. The van der Waals surface area contributed by atoms with Gasteiger partial charge in [0.05, 0.1) is 0 Å². The van der Waals surface area contributed by atoms with Gasteiger partial charge < -0.3 is 10.6 Å². The lowest BCUT2D eigenvalue weighted by Crippen LogP contribution is -2.31. The monoisotopic (exact) mass is 239 g/mol. The Bertz CT molecular complexity index is 323. The van der Waals surface area contributed by atoms with Gasteiger partial charge in [0.15, 0.2) is 0 Å². The average molecular weight is 239 g/mol. The van der Waals surface area contributed by atoms with Crippen LogP contribution >= 0.6 is 0 Å². The van der Waals surface area contributed by atoms with Crippen molar-refractivity contribution in [1.82, 2.24) is 10.6 Å². The van der Waals surface area contributed by atoms with Gasteiger partial charge in [0.1, 0.15) is 6.17 Å². The van der Waals surface area contributed by atoms with Crippen LogP contribution in [0.1, 0.15) is 26.2 Å². The number of amides is 2. The minimum absolute atomic E-state index is 0.210. The molecule has 0 fully saturated rings. The van der Waals surface area contributed by atoms with Crippen LogP contribution in [0.5, 0.6) is 0 Å². The van der Waals surface area contributed by atoms with Gasteiger partial charge in [-0.05, 0) is 30.9 Å². The van der Waals surface area contributed by atoms with Crippen LogP contribution in [-0.2, 0) is 9.59 Å². The highest BCUT2D eigenvalue weighted by atomic mass is 16.2. The molecule has 0 radical (unpaired) electrons. The summed E-state index contributed by atoms with van der Waals surface area (Å²) in [6, 6.07) is 0. The fourth-order valence-electron chi connectivity index (χ4n) is 1.20. The van der Waals surface area contributed by atoms with Gasteiger partial charge in [0.25, 0.3) is 0 Å². The van der Waals surface area contributed by atoms with E-state index in [4.69, 9.17) is 5.53 Å². The molecule has 94 valence electrons. The Morgan fingerprint density at radius 1 is 1.53 bits per heavy atom. The van der Waals surface area contributed by atoms with Gasteiger partial charge >= 0.3 is 0 Å². The highest BCUT2D eigenvalue weighted by molar-refractivity contribution is 5.86. The molecule has 2 N–H and O–H groups in total. The lowest BCUT2D eigenvalue weighted by atomic mass is 10.2. The van der Waals surface area contributed by atoms with E-state index in [2.05, 4.69) is 27.2 Å². The topological polar surface area (TPSA) is 107 Å². The third kappa shape index (κ3) is 8.95. The molecule has 0 aliphatic carbocycles. The van der Waals surface area contributed by atoms with Crippen molar-refractivity contribution in [2.45, 2.75) is 32.4 Å². The van der Waals surface area contributed by atoms with Crippen molar-refractivity contribution in [2.24, 2.45) is 5.11 Å². The number of azide groups is 1. The highest BCUT2D eigenvalue weighted by Crippen LogP contribution is 2.02. The third-order valence-electron chi connectivity index (χ3n) is 1.95. The van der Waals surface area contributed by atoms with E-state index < -0.39 is 6.17 Å². The van der Waals surface area contributed by atoms with Crippen molar-refractivity contribution >= 4 is 11.8 Å². The molecule has 7 nitrogen and oxygen atoms in total. The quantitative estimate of drug-likeness (QED) is 0.218. The second-order valence-electron chi connectivity index (χ2n) is 3.41. The van der Waals surface area contributed by atoms with Crippen LogP contribution in [0.15, 0.2) is 17.8 Å². The summed E-state index contributed by atoms with van der Waals surface area (Å²) in [4.78, 5) is 24.2. The molecule has 0 saturated heterocycles. The van der Waals surface area contributed by atoms with Crippen molar-refractivity contribution < 1.29 is 9.59 Å². The number of hydrogen-bond donors (Lipinski definition) is 2. The van der Waals surface area contributed by atoms with Gasteiger partial charge in [-0.25, -0.2) is 0 Å². The Balaban J connectivity index is 3.75. The summed E-state index contributed by atoms with van der Waals surface area (Å²) in [5.41, 5.74) is 8.30. The van der Waals surface area contributed by atoms with Crippen LogP contribution in [-0.4, -0.2) is 24.5 Å². The maximum atomic E-state index is 10.8. The molecule has 0 saturated carbocycles. The largest absolute Gasteiger partial charge is 0.353 e. The summed E-state index contributed by atoms with van der Waals surface area (Å²) in [5.74, 6) is -0.444. The Morgan fingerprint density at radius 3 is 2.76 bits per heavy atom. The molecule has 0 aromatic carbocycles. The molecular formula is C10H17N5O2. The lowest BCUT2D eigenvalue weighted by molar-refractivity contribution is -0.119. The zero-order valence-corrected chi connectivity index (χ0v) is 9.85. The SMILES string of the molecule is C=CC(=O)NCCCCC(N=[N+]=[N-])NC(C)=O. The van der Waals surface area contributed by atoms with Crippen LogP contribution in [0.25, 0.3) is 10.4 Å². The van der Waals surface area contributed by atoms with E-state index in [1.807, 2.05) is 0 Å². The normalized spacial score (nSPS) is 10.9. The van der Waals surface area contributed by atoms with Crippen molar-refractivity contribution in [3.8, 4) is 0 Å². The number of rotatable bonds is 8. The number of hydrogen-bond acceptors (Lipinski definition) is 3. The van der Waals surface area contributed by atoms with Gasteiger partial charge in [-0.15, -0.1) is 0 Å². The molecule has 7 heteroatoms. The predicted molar refractivity (Wildman–Crippen MR) is 63.8 cm³/mol. The summed E-state index contributed by atoms with van der Waals surface area (Å²) >= 11 is 0. The summed E-state index contributed by atoms with van der Waals surface area (Å²) < 4.78 is 0. The molecule has 17 heavy (non-hydrogen) atoms. The first-order chi connectivity index (χ1) is 8.10. The molecule has 1 unspecified atom stereocenters. The molecule has 0 rings (SSSR count). The summed E-state index contributed by atoms with van der Waals surface area (Å²) in [5, 5.41) is 8.62. The summed E-state index contributed by atoms with van der Waals surface area (Å²) in [6.07, 6.45) is 2.72. The maximum absolute atomic E-state index is 10.8. The second kappa shape index (κ2) is 9.23. The maximum Gasteiger partial charge on any atom is 0.243 e. The Kier molecular flexibility index (Phi) is 8.14. The lowest BCUT2D eigenvalue weighted by Gasteiger charge is -2.11. The molecule has 0 aromatic heterocycles. The predicted octanol–water partition coefficient (Wildman–Crippen LogP) is 1.23. The molecular weight excluding hydrogens is 222 g/mol. The molecule has 1 atom stereocenters. The van der Waals surface area contributed by atoms with E-state index in [9.17, 15) is 9.59 Å². The zero-order valence-electron chi connectivity index (χ0n) is 9.85. The smallest absolute Gasteiger partial charge is 0.243 e. The molecule has 0 aliphatic heterocycles. The summed E-state index contributed by atoms with van der Waals surface area (Å²) in [7, 11) is 0. The van der Waals surface area contributed by atoms with Gasteiger partial charge in [0.2, 0.25) is 11.8 Å². The van der Waals surface area contributed by atoms with E-state index in [0.717, 1.165) is 12.8 Å². The van der Waals surface area contributed by atoms with Gasteiger partial charge in [-0.2, -0.15) is 0 Å². The van der Waals surface area contributed by atoms with Gasteiger partial charge in [0, 0.05) is 18.4 Å². The third-order valence-corrected chi connectivity index (χ3v) is 1.95. The van der Waals surface area contributed by atoms with E-state index in [1.54, 1.807) is 0 Å². The fourth-order valence-corrected chi connectivity index (χ4v) is 1.20. The number of carbonyl (C=O) groups is 2. The molecule has 0 bridgehead atoms. The number of nitrogens with one attached hydrogen (secondary N) is 2. The Labute approximate surface area is 99.9 Å². The molecule has 0 aliphatic rings. The highest BCUT2D eigenvalue weighted by Gasteiger charge is 2.06. The van der Waals surface area contributed by atoms with E-state index >= 15 is 0 Å². The zero-order chi connectivity index (χ0) is 13.1. The number of unbranched alkanes of at least 4 members (excludes halogenated alkanes) is 1. The first-order valence-electron chi connectivity index (χ1n) is 5.31. The van der Waals surface area contributed by atoms with Crippen molar-refractivity contribution in [3.63, 3.8) is 0 Å². The van der Waals surface area contributed by atoms with Crippen LogP contribution in [0, 0.1) is 0 Å². The van der Waals surface area contributed by atoms with Crippen molar-refractivity contribution in [1.29, 1.82) is 0 Å². The Hall–Kier alpha value is -2.01. The minimum Gasteiger partial charge on any atom is -0.353 e. The molecule has 0 aromatic rings. The van der Waals surface area contributed by atoms with E-state index in [0.29, 0.717) is 13.0 Å². The van der Waals surface area contributed by atoms with Crippen LogP contribution in [0.4, 0.5) is 0 Å². The molecule has 0 heterocycles. The van der Waals surface area contributed by atoms with Gasteiger partial charge in [-0.3, -0.25) is 9.59 Å². The fraction of sp³-hybridized carbons (Fsp3) is 0.600. The second-order valence-corrected chi connectivity index (χ2v) is 3.41. The first-order valence-corrected chi connectivity index (χ1v) is 5.31. The van der Waals surface area contributed by atoms with Crippen LogP contribution in [0.3, 0.4) is 0 Å². The van der Waals surface area contributed by atoms with Crippen LogP contribution < -0.4 is 10.6 Å². The van der Waals surface area contributed by atoms with Crippen molar-refractivity contribution in [3.05, 3.63) is 23.1 Å². The van der Waals surface area contributed by atoms with Gasteiger partial charge in [-0.1, -0.05) is 11.7 Å². The number of nitrogens with zero attached hydrogens (tertiary/aromatic N) is 3. The molecule has 0 spiro atoms. The average Bonchev–Trinajstić information content (AvgIpc) is 2.27.